The van der Waals surface area contributed by atoms with E-state index in [1.165, 1.54) is 25.8 Å². The lowest BCUT2D eigenvalue weighted by atomic mass is 10.0. The van der Waals surface area contributed by atoms with Gasteiger partial charge in [-0.2, -0.15) is 5.10 Å². The third kappa shape index (κ3) is 6.31. The van der Waals surface area contributed by atoms with Gasteiger partial charge in [0, 0.05) is 52.5 Å². The van der Waals surface area contributed by atoms with Crippen LogP contribution in [-0.2, 0) is 11.8 Å². The van der Waals surface area contributed by atoms with E-state index in [1.54, 1.807) is 17.9 Å². The lowest BCUT2D eigenvalue weighted by Gasteiger charge is -2.39. The second kappa shape index (κ2) is 11.1. The Balaban J connectivity index is 0.00000300. The van der Waals surface area contributed by atoms with Crippen LogP contribution in [0.2, 0.25) is 0 Å². The molecule has 164 valence electrons. The Morgan fingerprint density at radius 1 is 1.31 bits per heavy atom. The number of hydrogen-bond acceptors (Lipinski definition) is 4. The molecule has 0 aliphatic carbocycles. The molecule has 3 heterocycles. The van der Waals surface area contributed by atoms with Gasteiger partial charge < -0.3 is 15.1 Å². The van der Waals surface area contributed by atoms with E-state index in [4.69, 9.17) is 0 Å². The van der Waals surface area contributed by atoms with Crippen molar-refractivity contribution >= 4 is 41.5 Å². The molecule has 2 aliphatic heterocycles. The summed E-state index contributed by atoms with van der Waals surface area (Å²) in [5, 5.41) is 7.71. The van der Waals surface area contributed by atoms with Gasteiger partial charge in [0.2, 0.25) is 5.91 Å². The van der Waals surface area contributed by atoms with Crippen LogP contribution in [0.3, 0.4) is 0 Å². The molecule has 1 amide bonds. The number of nitrogens with one attached hydrogen (secondary N) is 1. The minimum Gasteiger partial charge on any atom is -0.355 e. The predicted molar refractivity (Wildman–Crippen MR) is 128 cm³/mol. The fourth-order valence-corrected chi connectivity index (χ4v) is 4.22. The quantitative estimate of drug-likeness (QED) is 0.367. The molecule has 8 nitrogen and oxygen atoms in total. The van der Waals surface area contributed by atoms with E-state index >= 15 is 0 Å². The van der Waals surface area contributed by atoms with E-state index in [0.717, 1.165) is 31.3 Å². The zero-order chi connectivity index (χ0) is 20.1. The average molecular weight is 517 g/mol. The van der Waals surface area contributed by atoms with Crippen LogP contribution in [-0.4, -0.2) is 83.8 Å². The number of rotatable bonds is 5. The molecule has 0 bridgehead atoms. The molecule has 0 saturated carbocycles. The topological polar surface area (TPSA) is 69.0 Å². The van der Waals surface area contributed by atoms with E-state index < -0.39 is 0 Å². The number of amides is 1. The highest BCUT2D eigenvalue weighted by atomic mass is 127. The van der Waals surface area contributed by atoms with E-state index in [9.17, 15) is 4.79 Å². The number of nitrogens with zero attached hydrogens (tertiary/aromatic N) is 6. The second-order valence-corrected chi connectivity index (χ2v) is 8.31. The molecule has 0 spiro atoms. The maximum atomic E-state index is 12.7. The van der Waals surface area contributed by atoms with Crippen LogP contribution in [0.15, 0.2) is 17.4 Å². The van der Waals surface area contributed by atoms with Gasteiger partial charge in [-0.3, -0.25) is 19.4 Å². The van der Waals surface area contributed by atoms with Crippen molar-refractivity contribution in [1.29, 1.82) is 0 Å². The van der Waals surface area contributed by atoms with Crippen molar-refractivity contribution in [3.05, 3.63) is 12.4 Å². The number of likely N-dealkylation sites (tertiary alicyclic amines) is 1. The number of carbonyl (C=O) groups excluding carboxylic acids is 1. The normalized spacial score (nSPS) is 21.5. The molecule has 2 fully saturated rings. The van der Waals surface area contributed by atoms with Gasteiger partial charge in [0.25, 0.3) is 0 Å². The minimum absolute atomic E-state index is 0. The van der Waals surface area contributed by atoms with Gasteiger partial charge in [-0.25, -0.2) is 0 Å². The largest absolute Gasteiger partial charge is 0.355 e. The number of carbonyl (C=O) groups is 1. The van der Waals surface area contributed by atoms with E-state index in [-0.39, 0.29) is 29.9 Å². The van der Waals surface area contributed by atoms with Gasteiger partial charge in [0.1, 0.15) is 6.54 Å². The summed E-state index contributed by atoms with van der Waals surface area (Å²) in [6, 6.07) is 0.542. The van der Waals surface area contributed by atoms with E-state index in [1.807, 2.05) is 18.1 Å². The van der Waals surface area contributed by atoms with Crippen LogP contribution in [0.5, 0.6) is 0 Å². The Bertz CT molecular complexity index is 690. The first-order valence-corrected chi connectivity index (χ1v) is 10.5. The number of hydrogen-bond donors (Lipinski definition) is 1. The fourth-order valence-electron chi connectivity index (χ4n) is 4.22. The molecule has 1 N–H and O–H groups in total. The Morgan fingerprint density at radius 3 is 2.72 bits per heavy atom. The third-order valence-electron chi connectivity index (χ3n) is 5.58. The fraction of sp³-hybridized carbons (Fsp3) is 0.750. The average Bonchev–Trinajstić information content (AvgIpc) is 3.09. The van der Waals surface area contributed by atoms with Gasteiger partial charge in [-0.05, 0) is 25.3 Å². The highest BCUT2D eigenvalue weighted by molar-refractivity contribution is 14.0. The molecule has 29 heavy (non-hydrogen) atoms. The van der Waals surface area contributed by atoms with Crippen molar-refractivity contribution in [2.24, 2.45) is 18.0 Å². The molecule has 0 radical (unpaired) electrons. The van der Waals surface area contributed by atoms with Crippen LogP contribution >= 0.6 is 24.0 Å². The Kier molecular flexibility index (Phi) is 9.19. The van der Waals surface area contributed by atoms with Crippen molar-refractivity contribution in [1.82, 2.24) is 24.9 Å². The van der Waals surface area contributed by atoms with Gasteiger partial charge in [0.15, 0.2) is 5.96 Å². The van der Waals surface area contributed by atoms with Crippen molar-refractivity contribution in [3.63, 3.8) is 0 Å². The molecular formula is C20H36IN7O. The van der Waals surface area contributed by atoms with Gasteiger partial charge in [-0.1, -0.05) is 20.3 Å². The lowest BCUT2D eigenvalue weighted by Crippen LogP contribution is -2.57. The summed E-state index contributed by atoms with van der Waals surface area (Å²) in [6.07, 6.45) is 7.44. The van der Waals surface area contributed by atoms with Crippen molar-refractivity contribution in [2.75, 3.05) is 51.2 Å². The highest BCUT2D eigenvalue weighted by Gasteiger charge is 2.29. The summed E-state index contributed by atoms with van der Waals surface area (Å²) in [5.41, 5.74) is 0.863. The number of halogens is 1. The molecule has 2 aliphatic rings. The van der Waals surface area contributed by atoms with Crippen molar-refractivity contribution < 1.29 is 4.79 Å². The first-order valence-electron chi connectivity index (χ1n) is 10.5. The summed E-state index contributed by atoms with van der Waals surface area (Å²) in [7, 11) is 3.66. The molecule has 9 heteroatoms. The number of guanidine groups is 1. The number of aliphatic imine (C=N–C) groups is 1. The number of aromatic nitrogens is 2. The number of anilines is 1. The predicted octanol–water partition coefficient (Wildman–Crippen LogP) is 1.77. The van der Waals surface area contributed by atoms with Gasteiger partial charge >= 0.3 is 0 Å². The standard InChI is InChI=1S/C20H35N7O.HI/c1-16(2)13-25-8-6-5-7-17(25)11-22-20(21-3)26-9-10-27(19(28)15-26)18-12-23-24(4)14-18;/h12,14,16-17H,5-11,13,15H2,1-4H3,(H,21,22);1H. The first-order chi connectivity index (χ1) is 13.5. The Morgan fingerprint density at radius 2 is 2.10 bits per heavy atom. The van der Waals surface area contributed by atoms with Crippen molar-refractivity contribution in [2.45, 2.75) is 39.2 Å². The summed E-state index contributed by atoms with van der Waals surface area (Å²) in [5.74, 6) is 1.59. The van der Waals surface area contributed by atoms with Crippen LogP contribution in [0.25, 0.3) is 0 Å². The molecule has 1 aromatic rings. The smallest absolute Gasteiger partial charge is 0.246 e. The van der Waals surface area contributed by atoms with Crippen LogP contribution in [0, 0.1) is 5.92 Å². The lowest BCUT2D eigenvalue weighted by molar-refractivity contribution is -0.120. The van der Waals surface area contributed by atoms with Crippen LogP contribution < -0.4 is 10.2 Å². The second-order valence-electron chi connectivity index (χ2n) is 8.31. The number of piperazine rings is 1. The van der Waals surface area contributed by atoms with Crippen LogP contribution in [0.1, 0.15) is 33.1 Å². The zero-order valence-corrected chi connectivity index (χ0v) is 20.5. The summed E-state index contributed by atoms with van der Waals surface area (Å²) >= 11 is 0. The summed E-state index contributed by atoms with van der Waals surface area (Å²) < 4.78 is 1.72. The zero-order valence-electron chi connectivity index (χ0n) is 18.2. The minimum atomic E-state index is 0. The summed E-state index contributed by atoms with van der Waals surface area (Å²) in [4.78, 5) is 23.6. The van der Waals surface area contributed by atoms with Crippen molar-refractivity contribution in [3.8, 4) is 0 Å². The SMILES string of the molecule is CN=C(NCC1CCCCN1CC(C)C)N1CCN(c2cnn(C)c2)C(=O)C1.I. The number of piperidine rings is 1. The third-order valence-corrected chi connectivity index (χ3v) is 5.58. The number of aryl methyl sites for hydroxylation is 1. The molecule has 1 aromatic heterocycles. The maximum Gasteiger partial charge on any atom is 0.246 e. The molecule has 1 atom stereocenters. The molecular weight excluding hydrogens is 481 g/mol. The molecule has 2 saturated heterocycles. The van der Waals surface area contributed by atoms with Gasteiger partial charge in [0.05, 0.1) is 11.9 Å². The Labute approximate surface area is 191 Å². The van der Waals surface area contributed by atoms with Crippen LogP contribution in [0.4, 0.5) is 5.69 Å². The highest BCUT2D eigenvalue weighted by Crippen LogP contribution is 2.19. The molecule has 3 rings (SSSR count). The first kappa shape index (κ1) is 23.9. The van der Waals surface area contributed by atoms with E-state index in [0.29, 0.717) is 25.0 Å². The monoisotopic (exact) mass is 517 g/mol. The molecule has 1 unspecified atom stereocenters. The van der Waals surface area contributed by atoms with Gasteiger partial charge in [-0.15, -0.1) is 24.0 Å². The Hall–Kier alpha value is -1.36. The maximum absolute atomic E-state index is 12.7. The molecule has 0 aromatic carbocycles. The summed E-state index contributed by atoms with van der Waals surface area (Å²) in [6.45, 7) is 9.54. The van der Waals surface area contributed by atoms with E-state index in [2.05, 4.69) is 39.1 Å².